The number of alkyl halides is 3. The predicted molar refractivity (Wildman–Crippen MR) is 64.5 cm³/mol. The fourth-order valence-electron chi connectivity index (χ4n) is 1.61. The Kier molecular flexibility index (Phi) is 4.27. The van der Waals surface area contributed by atoms with E-state index in [4.69, 9.17) is 0 Å². The summed E-state index contributed by atoms with van der Waals surface area (Å²) in [6, 6.07) is 0. The van der Waals surface area contributed by atoms with Gasteiger partial charge in [-0.15, -0.1) is 0 Å². The minimum Gasteiger partial charge on any atom is -0.178 e. The van der Waals surface area contributed by atoms with Crippen molar-refractivity contribution < 1.29 is 13.2 Å². The lowest BCUT2D eigenvalue weighted by atomic mass is 11.5. The fraction of sp³-hybridized carbons (Fsp3) is 1.00. The molecular weight excluding hydrogens is 266 g/mol. The van der Waals surface area contributed by atoms with Crippen LogP contribution in [0.15, 0.2) is 0 Å². The molecule has 0 radical (unpaired) electrons. The van der Waals surface area contributed by atoms with Gasteiger partial charge in [0.25, 0.3) is 0 Å². The number of hydrogen-bond donors (Lipinski definition) is 0. The van der Waals surface area contributed by atoms with Crippen molar-refractivity contribution in [1.82, 2.24) is 0 Å². The molecular formula is CH13F3Si7. The fourth-order valence-corrected chi connectivity index (χ4v) is 287. The number of halogens is 3. The van der Waals surface area contributed by atoms with Crippen LogP contribution in [0.5, 0.6) is 0 Å². The minimum absolute atomic E-state index is 0.0972. The molecule has 1 aliphatic rings. The van der Waals surface area contributed by atoms with Crippen LogP contribution in [0.2, 0.25) is 0 Å². The van der Waals surface area contributed by atoms with Gasteiger partial charge in [0.2, 0.25) is 0 Å². The van der Waals surface area contributed by atoms with Crippen molar-refractivity contribution in [2.24, 2.45) is 0 Å². The Morgan fingerprint density at radius 1 is 0.818 bits per heavy atom. The molecule has 0 aliphatic carbocycles. The molecule has 66 valence electrons. The standard InChI is InChI=1S/CH13F3Si7/c2-1(3,4)11-9-7-5-6-8-10-11/h11H,5-10H2. The van der Waals surface area contributed by atoms with Crippen molar-refractivity contribution in [2.45, 2.75) is 5.80 Å². The van der Waals surface area contributed by atoms with Gasteiger partial charge in [0.15, 0.2) is 0 Å². The summed E-state index contributed by atoms with van der Waals surface area (Å²) in [5.41, 5.74) is 0. The van der Waals surface area contributed by atoms with Gasteiger partial charge in [0, 0.05) is 17.1 Å². The van der Waals surface area contributed by atoms with Crippen LogP contribution in [-0.2, 0) is 0 Å². The lowest BCUT2D eigenvalue weighted by molar-refractivity contribution is -0.0463. The van der Waals surface area contributed by atoms with Gasteiger partial charge >= 0.3 is 5.80 Å². The van der Waals surface area contributed by atoms with Crippen LogP contribution in [0.25, 0.3) is 0 Å². The van der Waals surface area contributed by atoms with Crippen LogP contribution in [0.4, 0.5) is 13.2 Å². The maximum atomic E-state index is 12.3. The molecule has 0 atom stereocenters. The Labute approximate surface area is 78.2 Å². The van der Waals surface area contributed by atoms with E-state index in [1.54, 1.807) is 0 Å². The van der Waals surface area contributed by atoms with Crippen LogP contribution in [0.3, 0.4) is 0 Å². The normalized spacial score (nSPS) is 41.2. The average Bonchev–Trinajstić information content (AvgIpc) is 2.10. The quantitative estimate of drug-likeness (QED) is 0.389. The van der Waals surface area contributed by atoms with E-state index in [-0.39, 0.29) is 34.2 Å². The van der Waals surface area contributed by atoms with Crippen LogP contribution in [0, 0.1) is 0 Å². The molecule has 1 heterocycles. The molecule has 0 bridgehead atoms. The Balaban J connectivity index is 2.43. The summed E-state index contributed by atoms with van der Waals surface area (Å²) < 4.78 is 37.0. The summed E-state index contributed by atoms with van der Waals surface area (Å²) in [6.45, 7) is 0. The van der Waals surface area contributed by atoms with Crippen molar-refractivity contribution in [3.8, 4) is 0 Å². The SMILES string of the molecule is FC(F)(F)[SiH]1[SiH2][SiH2][SiH2][SiH2][SiH2][SiH2]1. The molecule has 0 amide bonds. The third kappa shape index (κ3) is 3.68. The van der Waals surface area contributed by atoms with Gasteiger partial charge in [0.05, 0.1) is 0 Å². The third-order valence-electron chi connectivity index (χ3n) is 2.32. The van der Waals surface area contributed by atoms with E-state index in [0.29, 0.717) is 17.1 Å². The van der Waals surface area contributed by atoms with E-state index < -0.39 is 13.6 Å². The zero-order valence-corrected chi connectivity index (χ0v) is 16.1. The van der Waals surface area contributed by atoms with Crippen LogP contribution in [-0.4, -0.2) is 65.0 Å². The molecule has 0 N–H and O–H groups in total. The summed E-state index contributed by atoms with van der Waals surface area (Å²) in [5, 5.41) is 0. The maximum absolute atomic E-state index is 12.3. The van der Waals surface area contributed by atoms with Gasteiger partial charge in [-0.1, -0.05) is 0 Å². The molecule has 1 fully saturated rings. The summed E-state index contributed by atoms with van der Waals surface area (Å²) in [4.78, 5) is 0. The summed E-state index contributed by atoms with van der Waals surface area (Å²) in [7, 11) is -1.73. The van der Waals surface area contributed by atoms with Crippen molar-refractivity contribution in [3.05, 3.63) is 0 Å². The molecule has 0 spiro atoms. The maximum Gasteiger partial charge on any atom is 0.352 e. The summed E-state index contributed by atoms with van der Waals surface area (Å²) in [6.07, 6.45) is 0. The lowest BCUT2D eigenvalue weighted by Gasteiger charge is -2.14. The van der Waals surface area contributed by atoms with E-state index in [1.165, 1.54) is 0 Å². The highest BCUT2D eigenvalue weighted by atomic mass is 30.1. The molecule has 1 rings (SSSR count). The largest absolute Gasteiger partial charge is 0.352 e. The average molecular weight is 279 g/mol. The van der Waals surface area contributed by atoms with Crippen LogP contribution >= 0.6 is 0 Å². The highest BCUT2D eigenvalue weighted by Gasteiger charge is 2.40. The molecule has 0 nitrogen and oxygen atoms in total. The molecule has 10 heteroatoms. The van der Waals surface area contributed by atoms with E-state index in [1.807, 2.05) is 0 Å². The smallest absolute Gasteiger partial charge is 0.178 e. The second-order valence-electron chi connectivity index (χ2n) is 3.23. The second kappa shape index (κ2) is 4.52. The highest BCUT2D eigenvalue weighted by Crippen LogP contribution is 2.17. The monoisotopic (exact) mass is 278 g/mol. The third-order valence-corrected chi connectivity index (χ3v) is 139. The van der Waals surface area contributed by atoms with E-state index in [2.05, 4.69) is 0 Å². The molecule has 0 aromatic heterocycles. The zero-order valence-electron chi connectivity index (χ0n) is 6.45. The molecule has 11 heavy (non-hydrogen) atoms. The topological polar surface area (TPSA) is 0 Å². The number of rotatable bonds is 0. The highest BCUT2D eigenvalue weighted by molar-refractivity contribution is 7.79. The molecule has 0 aromatic carbocycles. The van der Waals surface area contributed by atoms with Gasteiger partial charge in [-0.2, -0.15) is 13.2 Å². The van der Waals surface area contributed by atoms with Crippen molar-refractivity contribution in [2.75, 3.05) is 0 Å². The van der Waals surface area contributed by atoms with E-state index >= 15 is 0 Å². The Hall–Kier alpha value is 1.31. The van der Waals surface area contributed by atoms with Crippen molar-refractivity contribution in [1.29, 1.82) is 0 Å². The summed E-state index contributed by atoms with van der Waals surface area (Å²) >= 11 is 0. The Morgan fingerprint density at radius 2 is 1.27 bits per heavy atom. The van der Waals surface area contributed by atoms with Crippen LogP contribution < -0.4 is 0 Å². The lowest BCUT2D eigenvalue weighted by Crippen LogP contribution is -2.48. The zero-order chi connectivity index (χ0) is 8.32. The van der Waals surface area contributed by atoms with E-state index in [9.17, 15) is 13.2 Å². The van der Waals surface area contributed by atoms with Gasteiger partial charge in [-0.3, -0.25) is 0 Å². The van der Waals surface area contributed by atoms with Gasteiger partial charge in [-0.25, -0.2) is 0 Å². The first-order valence-electron chi connectivity index (χ1n) is 4.17. The second-order valence-corrected chi connectivity index (χ2v) is 66.4. The first kappa shape index (κ1) is 10.4. The van der Waals surface area contributed by atoms with Crippen molar-refractivity contribution in [3.63, 3.8) is 0 Å². The van der Waals surface area contributed by atoms with E-state index in [0.717, 1.165) is 0 Å². The Morgan fingerprint density at radius 3 is 1.64 bits per heavy atom. The van der Waals surface area contributed by atoms with Crippen LogP contribution in [0.1, 0.15) is 0 Å². The predicted octanol–water partition coefficient (Wildman–Crippen LogP) is -5.09. The van der Waals surface area contributed by atoms with Gasteiger partial charge < -0.3 is 0 Å². The summed E-state index contributed by atoms with van der Waals surface area (Å²) in [5.74, 6) is -3.56. The first-order chi connectivity index (χ1) is 5.11. The Bertz CT molecular complexity index is 113. The first-order valence-corrected chi connectivity index (χ1v) is 31.3. The van der Waals surface area contributed by atoms with Crippen molar-refractivity contribution >= 4 is 59.2 Å². The van der Waals surface area contributed by atoms with Gasteiger partial charge in [0.1, 0.15) is 7.83 Å². The molecule has 0 aromatic rings. The molecule has 1 aliphatic heterocycles. The molecule has 0 unspecified atom stereocenters. The minimum atomic E-state index is -3.56. The van der Waals surface area contributed by atoms with Gasteiger partial charge in [-0.05, 0) is 34.2 Å². The molecule has 1 saturated heterocycles. The number of hydrogen-bond acceptors (Lipinski definition) is 0. The molecule has 0 saturated carbocycles.